The fourth-order valence-electron chi connectivity index (χ4n) is 5.37. The Hall–Kier alpha value is -2.66. The van der Waals surface area contributed by atoms with Gasteiger partial charge in [-0.15, -0.1) is 0 Å². The Balaban J connectivity index is 1.47. The summed E-state index contributed by atoms with van der Waals surface area (Å²) < 4.78 is 0. The number of nitrogens with one attached hydrogen (secondary N) is 1. The Morgan fingerprint density at radius 1 is 1.03 bits per heavy atom. The molecule has 1 heterocycles. The van der Waals surface area contributed by atoms with Crippen molar-refractivity contribution in [3.8, 4) is 0 Å². The van der Waals surface area contributed by atoms with Crippen molar-refractivity contribution in [3.05, 3.63) is 70.7 Å². The standard InChI is InChI=1S/C27H31ClN2O3/c1-27(2)17-30(15-14-23(27)18-8-10-20(28)11-9-18)26(33)22-16-21(31)12-13-24(22)29-25(32)19-6-4-3-5-7-19/h3-11,22-24H,12-17H2,1-2H3,(H,29,32)/t22-,23?,24+/m0/s1. The van der Waals surface area contributed by atoms with E-state index in [0.717, 1.165) is 11.4 Å². The van der Waals surface area contributed by atoms with Crippen LogP contribution < -0.4 is 5.32 Å². The number of carbonyl (C=O) groups excluding carboxylic acids is 3. The van der Waals surface area contributed by atoms with Crippen LogP contribution in [0.5, 0.6) is 0 Å². The van der Waals surface area contributed by atoms with Crippen LogP contribution in [0.3, 0.4) is 0 Å². The summed E-state index contributed by atoms with van der Waals surface area (Å²) in [5, 5.41) is 3.75. The highest BCUT2D eigenvalue weighted by molar-refractivity contribution is 6.30. The van der Waals surface area contributed by atoms with Gasteiger partial charge in [-0.1, -0.05) is 55.8 Å². The molecule has 6 heteroatoms. The molecular formula is C27H31ClN2O3. The van der Waals surface area contributed by atoms with Crippen molar-refractivity contribution >= 4 is 29.2 Å². The van der Waals surface area contributed by atoms with Gasteiger partial charge in [-0.05, 0) is 54.0 Å². The van der Waals surface area contributed by atoms with E-state index in [1.165, 1.54) is 5.56 Å². The Labute approximate surface area is 200 Å². The molecule has 2 aromatic rings. The summed E-state index contributed by atoms with van der Waals surface area (Å²) >= 11 is 6.06. The van der Waals surface area contributed by atoms with Crippen molar-refractivity contribution in [2.24, 2.45) is 11.3 Å². The molecule has 0 radical (unpaired) electrons. The summed E-state index contributed by atoms with van der Waals surface area (Å²) in [5.41, 5.74) is 1.67. The zero-order chi connectivity index (χ0) is 23.6. The molecule has 0 spiro atoms. The van der Waals surface area contributed by atoms with Crippen LogP contribution in [0.25, 0.3) is 0 Å². The number of hydrogen-bond acceptors (Lipinski definition) is 3. The molecule has 1 saturated heterocycles. The van der Waals surface area contributed by atoms with Crippen LogP contribution in [0, 0.1) is 11.3 Å². The summed E-state index contributed by atoms with van der Waals surface area (Å²) in [6.45, 7) is 5.63. The minimum absolute atomic E-state index is 0.0240. The number of ketones is 1. The lowest BCUT2D eigenvalue weighted by molar-refractivity contribution is -0.143. The second kappa shape index (κ2) is 9.68. The number of nitrogens with zero attached hydrogens (tertiary/aromatic N) is 1. The zero-order valence-corrected chi connectivity index (χ0v) is 20.0. The van der Waals surface area contributed by atoms with Crippen molar-refractivity contribution < 1.29 is 14.4 Å². The topological polar surface area (TPSA) is 66.5 Å². The van der Waals surface area contributed by atoms with Crippen molar-refractivity contribution in [3.63, 3.8) is 0 Å². The van der Waals surface area contributed by atoms with Gasteiger partial charge in [-0.25, -0.2) is 0 Å². The van der Waals surface area contributed by atoms with E-state index in [0.29, 0.717) is 37.4 Å². The van der Waals surface area contributed by atoms with E-state index < -0.39 is 5.92 Å². The monoisotopic (exact) mass is 466 g/mol. The van der Waals surface area contributed by atoms with Gasteiger partial charge < -0.3 is 10.2 Å². The first kappa shape index (κ1) is 23.5. The molecule has 2 amide bonds. The molecule has 0 aromatic heterocycles. The van der Waals surface area contributed by atoms with Crippen LogP contribution in [0.1, 0.15) is 61.4 Å². The van der Waals surface area contributed by atoms with E-state index in [9.17, 15) is 14.4 Å². The molecule has 1 unspecified atom stereocenters. The van der Waals surface area contributed by atoms with Gasteiger partial charge in [0.25, 0.3) is 5.91 Å². The van der Waals surface area contributed by atoms with E-state index >= 15 is 0 Å². The van der Waals surface area contributed by atoms with Crippen LogP contribution in [0.4, 0.5) is 0 Å². The third-order valence-electron chi connectivity index (χ3n) is 7.15. The predicted octanol–water partition coefficient (Wildman–Crippen LogP) is 4.85. The molecule has 174 valence electrons. The number of piperidine rings is 1. The lowest BCUT2D eigenvalue weighted by atomic mass is 9.70. The molecule has 1 aliphatic carbocycles. The van der Waals surface area contributed by atoms with E-state index in [1.807, 2.05) is 35.2 Å². The molecule has 1 N–H and O–H groups in total. The molecule has 0 bridgehead atoms. The molecule has 2 fully saturated rings. The quantitative estimate of drug-likeness (QED) is 0.700. The van der Waals surface area contributed by atoms with Gasteiger partial charge in [0.2, 0.25) is 5.91 Å². The lowest BCUT2D eigenvalue weighted by Crippen LogP contribution is -2.54. The lowest BCUT2D eigenvalue weighted by Gasteiger charge is -2.46. The minimum atomic E-state index is -0.512. The number of halogens is 1. The fourth-order valence-corrected chi connectivity index (χ4v) is 5.50. The summed E-state index contributed by atoms with van der Waals surface area (Å²) in [4.78, 5) is 40.5. The number of Topliss-reactive ketones (excluding diaryl/α,β-unsaturated/α-hetero) is 1. The third-order valence-corrected chi connectivity index (χ3v) is 7.40. The Kier molecular flexibility index (Phi) is 6.89. The molecule has 33 heavy (non-hydrogen) atoms. The zero-order valence-electron chi connectivity index (χ0n) is 19.2. The van der Waals surface area contributed by atoms with Gasteiger partial charge in [0.1, 0.15) is 5.78 Å². The molecule has 5 nitrogen and oxygen atoms in total. The largest absolute Gasteiger partial charge is 0.348 e. The summed E-state index contributed by atoms with van der Waals surface area (Å²) in [7, 11) is 0. The SMILES string of the molecule is CC1(C)CN(C(=O)[C@H]2CC(=O)CC[C@H]2NC(=O)c2ccccc2)CCC1c1ccc(Cl)cc1. The number of likely N-dealkylation sites (tertiary alicyclic amines) is 1. The first-order valence-corrected chi connectivity index (χ1v) is 12.0. The summed E-state index contributed by atoms with van der Waals surface area (Å²) in [6, 6.07) is 16.6. The first-order chi connectivity index (χ1) is 15.7. The van der Waals surface area contributed by atoms with Crippen LogP contribution in [-0.2, 0) is 9.59 Å². The van der Waals surface area contributed by atoms with Gasteiger partial charge in [-0.2, -0.15) is 0 Å². The Morgan fingerprint density at radius 3 is 2.39 bits per heavy atom. The van der Waals surface area contributed by atoms with Crippen molar-refractivity contribution in [2.45, 2.75) is 51.5 Å². The average molecular weight is 467 g/mol. The normalized spacial score (nSPS) is 24.9. The second-order valence-corrected chi connectivity index (χ2v) is 10.4. The highest BCUT2D eigenvalue weighted by atomic mass is 35.5. The number of hydrogen-bond donors (Lipinski definition) is 1. The third kappa shape index (κ3) is 5.30. The van der Waals surface area contributed by atoms with Crippen LogP contribution in [-0.4, -0.2) is 41.6 Å². The van der Waals surface area contributed by atoms with Crippen molar-refractivity contribution in [2.75, 3.05) is 13.1 Å². The molecule has 4 rings (SSSR count). The van der Waals surface area contributed by atoms with Crippen molar-refractivity contribution in [1.29, 1.82) is 0 Å². The van der Waals surface area contributed by atoms with E-state index in [-0.39, 0.29) is 35.5 Å². The highest BCUT2D eigenvalue weighted by Gasteiger charge is 2.43. The van der Waals surface area contributed by atoms with Crippen LogP contribution in [0.2, 0.25) is 5.02 Å². The van der Waals surface area contributed by atoms with Gasteiger partial charge in [-0.3, -0.25) is 14.4 Å². The molecule has 2 aliphatic rings. The van der Waals surface area contributed by atoms with Gasteiger partial charge >= 0.3 is 0 Å². The van der Waals surface area contributed by atoms with E-state index in [2.05, 4.69) is 31.3 Å². The molecule has 1 saturated carbocycles. The van der Waals surface area contributed by atoms with Crippen LogP contribution >= 0.6 is 11.6 Å². The first-order valence-electron chi connectivity index (χ1n) is 11.7. The number of amides is 2. The second-order valence-electron chi connectivity index (χ2n) is 9.98. The molecule has 2 aromatic carbocycles. The number of benzene rings is 2. The maximum absolute atomic E-state index is 13.6. The van der Waals surface area contributed by atoms with Gasteiger partial charge in [0, 0.05) is 42.6 Å². The highest BCUT2D eigenvalue weighted by Crippen LogP contribution is 2.43. The maximum Gasteiger partial charge on any atom is 0.251 e. The average Bonchev–Trinajstić information content (AvgIpc) is 2.80. The summed E-state index contributed by atoms with van der Waals surface area (Å²) in [5.74, 6) is -0.324. The maximum atomic E-state index is 13.6. The van der Waals surface area contributed by atoms with E-state index in [1.54, 1.807) is 12.1 Å². The minimum Gasteiger partial charge on any atom is -0.348 e. The fraction of sp³-hybridized carbons (Fsp3) is 0.444. The van der Waals surface area contributed by atoms with Gasteiger partial charge in [0.15, 0.2) is 0 Å². The predicted molar refractivity (Wildman–Crippen MR) is 129 cm³/mol. The Morgan fingerprint density at radius 2 is 1.73 bits per heavy atom. The number of rotatable bonds is 4. The molecular weight excluding hydrogens is 436 g/mol. The van der Waals surface area contributed by atoms with Crippen LogP contribution in [0.15, 0.2) is 54.6 Å². The van der Waals surface area contributed by atoms with Crippen molar-refractivity contribution in [1.82, 2.24) is 10.2 Å². The summed E-state index contributed by atoms with van der Waals surface area (Å²) in [6.07, 6.45) is 1.93. The molecule has 1 aliphatic heterocycles. The van der Waals surface area contributed by atoms with Gasteiger partial charge in [0.05, 0.1) is 5.92 Å². The number of carbonyl (C=O) groups is 3. The molecule has 3 atom stereocenters. The Bertz CT molecular complexity index is 1020. The van der Waals surface area contributed by atoms with E-state index in [4.69, 9.17) is 11.6 Å². The smallest absolute Gasteiger partial charge is 0.251 e.